The van der Waals surface area contributed by atoms with Gasteiger partial charge < -0.3 is 21.3 Å². The molecule has 2 aromatic rings. The summed E-state index contributed by atoms with van der Waals surface area (Å²) in [4.78, 5) is 5.07. The van der Waals surface area contributed by atoms with Crippen LogP contribution in [0.25, 0.3) is 10.8 Å². The average molecular weight is 559 g/mol. The zero-order chi connectivity index (χ0) is 28.4. The Hall–Kier alpha value is -4.26. The van der Waals surface area contributed by atoms with Gasteiger partial charge in [-0.3, -0.25) is 9.80 Å². The number of hydrogen-bond acceptors (Lipinski definition) is 6. The molecule has 0 aromatic heterocycles. The molecule has 0 bridgehead atoms. The van der Waals surface area contributed by atoms with Gasteiger partial charge in [0.15, 0.2) is 0 Å². The molecule has 4 aliphatic rings. The van der Waals surface area contributed by atoms with Crippen LogP contribution in [0.4, 0.5) is 0 Å². The van der Waals surface area contributed by atoms with E-state index in [2.05, 4.69) is 140 Å². The largest absolute Gasteiger partial charge is 0.384 e. The standard InChI is InChI=1S/C36H42N6/c1-2-16-36-30(24-42(27-33-13-5-9-21-39-33)28-34-14-6-10-22-40-34)18-17-29(35(36)15-1)23-41(25-31-11-3-7-19-37-31)26-32-12-4-8-20-38-32/h1-18,37-40H,19-28H2. The molecule has 6 heteroatoms. The van der Waals surface area contributed by atoms with E-state index < -0.39 is 0 Å². The lowest BCUT2D eigenvalue weighted by Gasteiger charge is -2.29. The molecule has 4 aliphatic heterocycles. The second kappa shape index (κ2) is 14.1. The summed E-state index contributed by atoms with van der Waals surface area (Å²) >= 11 is 0. The molecular formula is C36H42N6. The van der Waals surface area contributed by atoms with Crippen molar-refractivity contribution in [2.24, 2.45) is 0 Å². The molecule has 6 nitrogen and oxygen atoms in total. The molecule has 216 valence electrons. The van der Waals surface area contributed by atoms with Crippen molar-refractivity contribution >= 4 is 10.8 Å². The van der Waals surface area contributed by atoms with Crippen LogP contribution < -0.4 is 21.3 Å². The summed E-state index contributed by atoms with van der Waals surface area (Å²) < 4.78 is 0. The maximum Gasteiger partial charge on any atom is 0.0389 e. The quantitative estimate of drug-likeness (QED) is 0.305. The molecule has 4 N–H and O–H groups in total. The highest BCUT2D eigenvalue weighted by molar-refractivity contribution is 5.88. The molecule has 0 saturated heterocycles. The summed E-state index contributed by atoms with van der Waals surface area (Å²) in [5.74, 6) is 0. The lowest BCUT2D eigenvalue weighted by atomic mass is 9.98. The lowest BCUT2D eigenvalue weighted by Crippen LogP contribution is -2.36. The fraction of sp³-hybridized carbons (Fsp3) is 0.278. The van der Waals surface area contributed by atoms with Crippen molar-refractivity contribution in [3.8, 4) is 0 Å². The van der Waals surface area contributed by atoms with E-state index in [1.165, 1.54) is 44.7 Å². The molecule has 0 unspecified atom stereocenters. The van der Waals surface area contributed by atoms with Crippen LogP contribution in [0.15, 0.2) is 132 Å². The van der Waals surface area contributed by atoms with Crippen LogP contribution in [0.2, 0.25) is 0 Å². The normalized spacial score (nSPS) is 17.7. The lowest BCUT2D eigenvalue weighted by molar-refractivity contribution is 0.300. The molecule has 6 rings (SSSR count). The van der Waals surface area contributed by atoms with Crippen molar-refractivity contribution in [1.82, 2.24) is 31.1 Å². The van der Waals surface area contributed by atoms with Gasteiger partial charge in [-0.2, -0.15) is 0 Å². The van der Waals surface area contributed by atoms with Crippen molar-refractivity contribution in [2.75, 3.05) is 52.4 Å². The third kappa shape index (κ3) is 7.52. The molecule has 42 heavy (non-hydrogen) atoms. The van der Waals surface area contributed by atoms with Gasteiger partial charge in [0.2, 0.25) is 0 Å². The smallest absolute Gasteiger partial charge is 0.0389 e. The van der Waals surface area contributed by atoms with E-state index in [0.717, 1.165) is 65.4 Å². The second-order valence-electron chi connectivity index (χ2n) is 11.2. The van der Waals surface area contributed by atoms with E-state index in [0.29, 0.717) is 0 Å². The monoisotopic (exact) mass is 558 g/mol. The summed E-state index contributed by atoms with van der Waals surface area (Å²) in [6.07, 6.45) is 26.1. The predicted molar refractivity (Wildman–Crippen MR) is 175 cm³/mol. The van der Waals surface area contributed by atoms with Gasteiger partial charge in [0.25, 0.3) is 0 Å². The molecule has 0 fully saturated rings. The number of nitrogens with one attached hydrogen (secondary N) is 4. The Morgan fingerprint density at radius 2 is 0.762 bits per heavy atom. The van der Waals surface area contributed by atoms with E-state index in [1.807, 2.05) is 0 Å². The Balaban J connectivity index is 1.26. The van der Waals surface area contributed by atoms with E-state index in [4.69, 9.17) is 0 Å². The van der Waals surface area contributed by atoms with Gasteiger partial charge in [0, 0.05) is 88.2 Å². The van der Waals surface area contributed by atoms with Crippen LogP contribution in [0, 0.1) is 0 Å². The van der Waals surface area contributed by atoms with Crippen molar-refractivity contribution in [1.29, 1.82) is 0 Å². The highest BCUT2D eigenvalue weighted by Crippen LogP contribution is 2.26. The Kier molecular flexibility index (Phi) is 9.35. The number of rotatable bonds is 12. The molecule has 0 atom stereocenters. The third-order valence-corrected chi connectivity index (χ3v) is 7.99. The molecule has 4 heterocycles. The summed E-state index contributed by atoms with van der Waals surface area (Å²) in [5.41, 5.74) is 7.79. The SMILES string of the molecule is C1=CCNC(CN(CC2=CC=CCN2)Cc2ccc(CN(CC3=CC=CCN3)CC3=CC=CCN3)c3ccccc23)=C1. The van der Waals surface area contributed by atoms with E-state index in [-0.39, 0.29) is 0 Å². The van der Waals surface area contributed by atoms with E-state index >= 15 is 0 Å². The fourth-order valence-corrected chi connectivity index (χ4v) is 5.92. The molecule has 0 saturated carbocycles. The highest BCUT2D eigenvalue weighted by Gasteiger charge is 2.17. The first kappa shape index (κ1) is 27.9. The number of dihydropyridines is 4. The topological polar surface area (TPSA) is 54.6 Å². The first-order chi connectivity index (χ1) is 20.8. The zero-order valence-electron chi connectivity index (χ0n) is 24.4. The first-order valence-corrected chi connectivity index (χ1v) is 15.1. The number of hydrogen-bond donors (Lipinski definition) is 4. The number of fused-ring (bicyclic) bond motifs is 1. The first-order valence-electron chi connectivity index (χ1n) is 15.1. The summed E-state index contributed by atoms with van der Waals surface area (Å²) in [5, 5.41) is 16.9. The van der Waals surface area contributed by atoms with Gasteiger partial charge in [0.05, 0.1) is 0 Å². The van der Waals surface area contributed by atoms with Gasteiger partial charge >= 0.3 is 0 Å². The highest BCUT2D eigenvalue weighted by atomic mass is 15.2. The van der Waals surface area contributed by atoms with Gasteiger partial charge in [-0.05, 0) is 46.2 Å². The molecule has 0 amide bonds. The fourth-order valence-electron chi connectivity index (χ4n) is 5.92. The number of benzene rings is 2. The second-order valence-corrected chi connectivity index (χ2v) is 11.2. The Morgan fingerprint density at radius 1 is 0.429 bits per heavy atom. The number of allylic oxidation sites excluding steroid dienone is 8. The zero-order valence-corrected chi connectivity index (χ0v) is 24.4. The summed E-state index contributed by atoms with van der Waals surface area (Å²) in [7, 11) is 0. The van der Waals surface area contributed by atoms with Crippen LogP contribution >= 0.6 is 0 Å². The molecule has 2 aromatic carbocycles. The predicted octanol–water partition coefficient (Wildman–Crippen LogP) is 4.62. The van der Waals surface area contributed by atoms with Gasteiger partial charge in [0.1, 0.15) is 0 Å². The van der Waals surface area contributed by atoms with Crippen LogP contribution in [-0.2, 0) is 13.1 Å². The van der Waals surface area contributed by atoms with E-state index in [1.54, 1.807) is 0 Å². The van der Waals surface area contributed by atoms with Crippen molar-refractivity contribution in [3.63, 3.8) is 0 Å². The van der Waals surface area contributed by atoms with Gasteiger partial charge in [-0.25, -0.2) is 0 Å². The minimum Gasteiger partial charge on any atom is -0.384 e. The number of nitrogens with zero attached hydrogens (tertiary/aromatic N) is 2. The van der Waals surface area contributed by atoms with E-state index in [9.17, 15) is 0 Å². The maximum absolute atomic E-state index is 3.55. The Bertz CT molecular complexity index is 1320. The van der Waals surface area contributed by atoms with Crippen LogP contribution in [0.1, 0.15) is 11.1 Å². The van der Waals surface area contributed by atoms with Crippen molar-refractivity contribution < 1.29 is 0 Å². The van der Waals surface area contributed by atoms with Crippen LogP contribution in [0.3, 0.4) is 0 Å². The van der Waals surface area contributed by atoms with Crippen molar-refractivity contribution in [2.45, 2.75) is 13.1 Å². The summed E-state index contributed by atoms with van der Waals surface area (Å²) in [6, 6.07) is 13.7. The minimum absolute atomic E-state index is 0.877. The van der Waals surface area contributed by atoms with Gasteiger partial charge in [-0.1, -0.05) is 85.0 Å². The molecule has 0 aliphatic carbocycles. The Labute approximate surface area is 250 Å². The summed E-state index contributed by atoms with van der Waals surface area (Å²) in [6.45, 7) is 8.84. The average Bonchev–Trinajstić information content (AvgIpc) is 3.04. The van der Waals surface area contributed by atoms with Gasteiger partial charge in [-0.15, -0.1) is 0 Å². The van der Waals surface area contributed by atoms with Crippen LogP contribution in [-0.4, -0.2) is 62.2 Å². The third-order valence-electron chi connectivity index (χ3n) is 7.99. The molecular weight excluding hydrogens is 516 g/mol. The Morgan fingerprint density at radius 3 is 1.05 bits per heavy atom. The van der Waals surface area contributed by atoms with Crippen LogP contribution in [0.5, 0.6) is 0 Å². The minimum atomic E-state index is 0.877. The molecule has 0 spiro atoms. The van der Waals surface area contributed by atoms with Crippen molar-refractivity contribution in [3.05, 3.63) is 143 Å². The maximum atomic E-state index is 3.55. The molecule has 0 radical (unpaired) electrons.